The van der Waals surface area contributed by atoms with Crippen LogP contribution in [-0.2, 0) is 0 Å². The monoisotopic (exact) mass is 196 g/mol. The first kappa shape index (κ1) is 7.63. The van der Waals surface area contributed by atoms with Crippen LogP contribution in [0.15, 0.2) is 23.1 Å². The van der Waals surface area contributed by atoms with E-state index in [0.29, 0.717) is 10.2 Å². The van der Waals surface area contributed by atoms with Crippen molar-refractivity contribution in [2.24, 2.45) is 0 Å². The third kappa shape index (κ3) is 1.44. The lowest BCUT2D eigenvalue weighted by Gasteiger charge is -1.89. The lowest BCUT2D eigenvalue weighted by atomic mass is 10.3. The van der Waals surface area contributed by atoms with E-state index in [1.54, 1.807) is 12.4 Å². The average molecular weight is 196 g/mol. The Morgan fingerprint density at radius 3 is 2.58 bits per heavy atom. The second-order valence-corrected chi connectivity index (χ2v) is 3.51. The number of hydrogen-bond acceptors (Lipinski definition) is 6. The normalized spacial score (nSPS) is 10.1. The van der Waals surface area contributed by atoms with Gasteiger partial charge in [0.05, 0.1) is 5.56 Å². The van der Waals surface area contributed by atoms with Gasteiger partial charge in [-0.25, -0.2) is 15.0 Å². The molecule has 2 aromatic heterocycles. The summed E-state index contributed by atoms with van der Waals surface area (Å²) in [5.41, 5.74) is 0.814. The van der Waals surface area contributed by atoms with Gasteiger partial charge in [0.1, 0.15) is 6.33 Å². The number of hydrogen-bond donors (Lipinski definition) is 1. The Morgan fingerprint density at radius 1 is 1.25 bits per heavy atom. The van der Waals surface area contributed by atoms with E-state index in [9.17, 15) is 0 Å². The predicted molar refractivity (Wildman–Crippen MR) is 48.2 cm³/mol. The molecule has 0 aromatic carbocycles. The van der Waals surface area contributed by atoms with Gasteiger partial charge in [-0.2, -0.15) is 4.37 Å². The molecule has 0 fully saturated rings. The fraction of sp³-hybridized carbons (Fsp3) is 0. The van der Waals surface area contributed by atoms with Crippen molar-refractivity contribution in [1.82, 2.24) is 19.3 Å². The third-order valence-corrected chi connectivity index (χ3v) is 2.10. The molecule has 0 N–H and O–H groups in total. The van der Waals surface area contributed by atoms with E-state index < -0.39 is 0 Å². The molecular weight excluding hydrogens is 192 g/mol. The summed E-state index contributed by atoms with van der Waals surface area (Å²) in [5.74, 6) is 0.630. The van der Waals surface area contributed by atoms with Crippen molar-refractivity contribution in [2.75, 3.05) is 0 Å². The Morgan fingerprint density at radius 2 is 2.00 bits per heavy atom. The molecule has 0 saturated heterocycles. The summed E-state index contributed by atoms with van der Waals surface area (Å²) in [6, 6.07) is 0. The van der Waals surface area contributed by atoms with Gasteiger partial charge in [-0.15, -0.1) is 12.6 Å². The van der Waals surface area contributed by atoms with Gasteiger partial charge < -0.3 is 0 Å². The average Bonchev–Trinajstić information content (AvgIpc) is 2.54. The molecule has 0 aliphatic carbocycles. The highest BCUT2D eigenvalue weighted by molar-refractivity contribution is 7.82. The van der Waals surface area contributed by atoms with Gasteiger partial charge in [0.25, 0.3) is 0 Å². The summed E-state index contributed by atoms with van der Waals surface area (Å²) >= 11 is 5.31. The maximum absolute atomic E-state index is 4.07. The molecule has 0 amide bonds. The molecule has 6 heteroatoms. The van der Waals surface area contributed by atoms with Crippen LogP contribution in [0.1, 0.15) is 0 Å². The van der Waals surface area contributed by atoms with Crippen LogP contribution in [0.25, 0.3) is 11.4 Å². The summed E-state index contributed by atoms with van der Waals surface area (Å²) in [5, 5.41) is 0. The zero-order valence-electron chi connectivity index (χ0n) is 5.88. The minimum Gasteiger partial charge on any atom is -0.244 e. The molecule has 0 radical (unpaired) electrons. The van der Waals surface area contributed by atoms with E-state index >= 15 is 0 Å². The lowest BCUT2D eigenvalue weighted by molar-refractivity contribution is 1.14. The van der Waals surface area contributed by atoms with Crippen molar-refractivity contribution < 1.29 is 0 Å². The Bertz CT molecular complexity index is 372. The number of rotatable bonds is 1. The van der Waals surface area contributed by atoms with Gasteiger partial charge in [-0.05, 0) is 11.5 Å². The van der Waals surface area contributed by atoms with E-state index in [0.717, 1.165) is 5.56 Å². The molecular formula is C6H4N4S2. The molecule has 0 spiro atoms. The first-order valence-electron chi connectivity index (χ1n) is 3.14. The number of nitrogens with zero attached hydrogens (tertiary/aromatic N) is 4. The van der Waals surface area contributed by atoms with Gasteiger partial charge in [-0.1, -0.05) is 0 Å². The highest BCUT2D eigenvalue weighted by atomic mass is 32.2. The molecule has 2 rings (SSSR count). The maximum atomic E-state index is 4.07. The SMILES string of the molecule is Sc1nc(-c2cncnc2)ns1. The molecule has 12 heavy (non-hydrogen) atoms. The lowest BCUT2D eigenvalue weighted by Crippen LogP contribution is -1.83. The molecule has 0 atom stereocenters. The Hall–Kier alpha value is -1.01. The predicted octanol–water partition coefficient (Wildman–Crippen LogP) is 1.28. The van der Waals surface area contributed by atoms with Gasteiger partial charge in [0.2, 0.25) is 0 Å². The molecule has 0 aliphatic heterocycles. The van der Waals surface area contributed by atoms with E-state index in [2.05, 4.69) is 32.0 Å². The Balaban J connectivity index is 2.45. The second kappa shape index (κ2) is 3.16. The van der Waals surface area contributed by atoms with Crippen molar-refractivity contribution in [2.45, 2.75) is 4.34 Å². The molecule has 2 aromatic rings. The summed E-state index contributed by atoms with van der Waals surface area (Å²) in [6.07, 6.45) is 4.81. The highest BCUT2D eigenvalue weighted by Gasteiger charge is 2.03. The largest absolute Gasteiger partial charge is 0.244 e. The third-order valence-electron chi connectivity index (χ3n) is 1.23. The van der Waals surface area contributed by atoms with Crippen LogP contribution in [0.5, 0.6) is 0 Å². The van der Waals surface area contributed by atoms with Crippen molar-refractivity contribution >= 4 is 24.2 Å². The molecule has 0 unspecified atom stereocenters. The summed E-state index contributed by atoms with van der Waals surface area (Å²) in [7, 11) is 0. The van der Waals surface area contributed by atoms with Gasteiger partial charge in [-0.3, -0.25) is 0 Å². The van der Waals surface area contributed by atoms with Gasteiger partial charge in [0.15, 0.2) is 10.2 Å². The Kier molecular flexibility index (Phi) is 2.01. The van der Waals surface area contributed by atoms with Crippen molar-refractivity contribution in [1.29, 1.82) is 0 Å². The van der Waals surface area contributed by atoms with Crippen LogP contribution in [0, 0.1) is 0 Å². The second-order valence-electron chi connectivity index (χ2n) is 2.03. The smallest absolute Gasteiger partial charge is 0.177 e. The van der Waals surface area contributed by atoms with Crippen LogP contribution in [0.4, 0.5) is 0 Å². The van der Waals surface area contributed by atoms with Gasteiger partial charge in [0, 0.05) is 12.4 Å². The van der Waals surface area contributed by atoms with Crippen molar-refractivity contribution in [3.63, 3.8) is 0 Å². The fourth-order valence-corrected chi connectivity index (χ4v) is 1.41. The molecule has 0 aliphatic rings. The topological polar surface area (TPSA) is 51.6 Å². The zero-order valence-corrected chi connectivity index (χ0v) is 7.59. The van der Waals surface area contributed by atoms with Crippen LogP contribution < -0.4 is 0 Å². The van der Waals surface area contributed by atoms with E-state index in [-0.39, 0.29) is 0 Å². The fourth-order valence-electron chi connectivity index (χ4n) is 0.747. The van der Waals surface area contributed by atoms with Crippen LogP contribution >= 0.6 is 24.2 Å². The standard InChI is InChI=1S/C6H4N4S2/c11-6-9-5(10-12-6)4-1-7-3-8-2-4/h1-3H,(H,9,10,11). The number of aromatic nitrogens is 4. The van der Waals surface area contributed by atoms with Crippen LogP contribution in [0.3, 0.4) is 0 Å². The van der Waals surface area contributed by atoms with E-state index in [4.69, 9.17) is 0 Å². The molecule has 60 valence electrons. The quantitative estimate of drug-likeness (QED) is 0.698. The minimum absolute atomic E-state index is 0.630. The molecule has 0 saturated carbocycles. The molecule has 2 heterocycles. The Labute approximate surface area is 78.3 Å². The molecule has 4 nitrogen and oxygen atoms in total. The van der Waals surface area contributed by atoms with Crippen molar-refractivity contribution in [3.8, 4) is 11.4 Å². The first-order chi connectivity index (χ1) is 5.86. The van der Waals surface area contributed by atoms with Crippen molar-refractivity contribution in [3.05, 3.63) is 18.7 Å². The summed E-state index contributed by atoms with van der Waals surface area (Å²) in [6.45, 7) is 0. The van der Waals surface area contributed by atoms with Crippen LogP contribution in [0.2, 0.25) is 0 Å². The van der Waals surface area contributed by atoms with E-state index in [1.165, 1.54) is 17.9 Å². The first-order valence-corrected chi connectivity index (χ1v) is 4.36. The molecule has 0 bridgehead atoms. The zero-order chi connectivity index (χ0) is 8.39. The van der Waals surface area contributed by atoms with Crippen LogP contribution in [-0.4, -0.2) is 19.3 Å². The van der Waals surface area contributed by atoms with Gasteiger partial charge >= 0.3 is 0 Å². The maximum Gasteiger partial charge on any atom is 0.177 e. The summed E-state index contributed by atoms with van der Waals surface area (Å²) < 4.78 is 4.71. The minimum atomic E-state index is 0.630. The number of thiol groups is 1. The summed E-state index contributed by atoms with van der Waals surface area (Å²) in [4.78, 5) is 11.8. The van der Waals surface area contributed by atoms with E-state index in [1.807, 2.05) is 0 Å². The highest BCUT2D eigenvalue weighted by Crippen LogP contribution is 2.17.